The average molecular weight is 297 g/mol. The number of hydrogen-bond acceptors (Lipinski definition) is 3. The van der Waals surface area contributed by atoms with E-state index in [9.17, 15) is 26.4 Å². The van der Waals surface area contributed by atoms with Crippen molar-refractivity contribution in [1.82, 2.24) is 10.6 Å². The summed E-state index contributed by atoms with van der Waals surface area (Å²) in [6.45, 7) is -0.188. The molecular weight excluding hydrogens is 287 g/mol. The lowest BCUT2D eigenvalue weighted by Gasteiger charge is -2.10. The van der Waals surface area contributed by atoms with E-state index < -0.39 is 22.4 Å². The molecule has 4 N–H and O–H groups in total. The van der Waals surface area contributed by atoms with Gasteiger partial charge in [-0.05, 0) is 17.7 Å². The molecule has 0 saturated heterocycles. The second kappa shape index (κ2) is 5.45. The first-order chi connectivity index (χ1) is 8.58. The van der Waals surface area contributed by atoms with Gasteiger partial charge in [-0.2, -0.15) is 13.2 Å². The van der Waals surface area contributed by atoms with Crippen molar-refractivity contribution >= 4 is 16.1 Å². The van der Waals surface area contributed by atoms with Crippen LogP contribution < -0.4 is 15.8 Å². The number of hydrogen-bond donors (Lipinski definition) is 3. The smallest absolute Gasteiger partial charge is 0.334 e. The van der Waals surface area contributed by atoms with Crippen molar-refractivity contribution in [3.63, 3.8) is 0 Å². The van der Waals surface area contributed by atoms with Gasteiger partial charge in [0.05, 0.1) is 4.90 Å². The molecular formula is C9H10F3N3O3S. The fourth-order valence-corrected chi connectivity index (χ4v) is 1.67. The lowest BCUT2D eigenvalue weighted by Crippen LogP contribution is -2.43. The normalized spacial score (nSPS) is 12.0. The number of carbonyl (C=O) groups excluding carboxylic acids is 1. The minimum atomic E-state index is -4.80. The number of halogens is 3. The maximum absolute atomic E-state index is 11.8. The molecule has 106 valence electrons. The Bertz CT molecular complexity index is 554. The number of primary sulfonamides is 1. The number of sulfonamides is 1. The van der Waals surface area contributed by atoms with E-state index in [1.165, 1.54) is 24.3 Å². The van der Waals surface area contributed by atoms with Crippen LogP contribution >= 0.6 is 0 Å². The van der Waals surface area contributed by atoms with Gasteiger partial charge in [0.1, 0.15) is 0 Å². The Morgan fingerprint density at radius 1 is 1.21 bits per heavy atom. The molecule has 2 amide bonds. The highest BCUT2D eigenvalue weighted by atomic mass is 32.2. The van der Waals surface area contributed by atoms with Gasteiger partial charge in [0.2, 0.25) is 10.0 Å². The van der Waals surface area contributed by atoms with Crippen LogP contribution in [0.3, 0.4) is 0 Å². The first-order valence-electron chi connectivity index (χ1n) is 4.82. The van der Waals surface area contributed by atoms with Crippen LogP contribution in [-0.2, 0) is 16.6 Å². The van der Waals surface area contributed by atoms with Crippen LogP contribution in [0.4, 0.5) is 18.0 Å². The molecule has 0 aliphatic carbocycles. The zero-order valence-corrected chi connectivity index (χ0v) is 10.2. The summed E-state index contributed by atoms with van der Waals surface area (Å²) in [5, 5.41) is 7.59. The fourth-order valence-electron chi connectivity index (χ4n) is 1.15. The third-order valence-electron chi connectivity index (χ3n) is 1.96. The summed E-state index contributed by atoms with van der Waals surface area (Å²) in [6.07, 6.45) is -4.80. The summed E-state index contributed by atoms with van der Waals surface area (Å²) in [5.41, 5.74) is 0.421. The molecule has 0 spiro atoms. The Labute approximate surface area is 106 Å². The summed E-state index contributed by atoms with van der Waals surface area (Å²) >= 11 is 0. The van der Waals surface area contributed by atoms with Crippen LogP contribution in [-0.4, -0.2) is 20.7 Å². The van der Waals surface area contributed by atoms with E-state index in [4.69, 9.17) is 5.14 Å². The number of rotatable bonds is 3. The second-order valence-electron chi connectivity index (χ2n) is 3.49. The highest BCUT2D eigenvalue weighted by Crippen LogP contribution is 2.10. The van der Waals surface area contributed by atoms with Crippen molar-refractivity contribution in [2.24, 2.45) is 5.14 Å². The Morgan fingerprint density at radius 3 is 2.16 bits per heavy atom. The Balaban J connectivity index is 2.58. The van der Waals surface area contributed by atoms with Crippen LogP contribution in [0.15, 0.2) is 29.2 Å². The molecule has 0 fully saturated rings. The predicted octanol–water partition coefficient (Wildman–Crippen LogP) is 0.653. The van der Waals surface area contributed by atoms with Gasteiger partial charge in [0, 0.05) is 6.54 Å². The van der Waals surface area contributed by atoms with Gasteiger partial charge in [0.25, 0.3) is 0 Å². The minimum Gasteiger partial charge on any atom is -0.334 e. The van der Waals surface area contributed by atoms with E-state index in [-0.39, 0.29) is 11.4 Å². The van der Waals surface area contributed by atoms with E-state index in [2.05, 4.69) is 0 Å². The molecule has 1 aromatic rings. The molecule has 6 nitrogen and oxygen atoms in total. The van der Waals surface area contributed by atoms with Gasteiger partial charge in [-0.1, -0.05) is 12.1 Å². The summed E-state index contributed by atoms with van der Waals surface area (Å²) in [5.74, 6) is 0. The van der Waals surface area contributed by atoms with Crippen LogP contribution in [0.25, 0.3) is 0 Å². The molecule has 0 bridgehead atoms. The van der Waals surface area contributed by atoms with Crippen LogP contribution in [0.1, 0.15) is 5.56 Å². The van der Waals surface area contributed by atoms with Crippen molar-refractivity contribution in [3.05, 3.63) is 29.8 Å². The molecule has 10 heteroatoms. The standard InChI is InChI=1S/C9H10F3N3O3S/c10-9(11,12)15-8(16)14-5-6-1-3-7(4-2-6)19(13,17)18/h1-4H,5H2,(H2,13,17,18)(H2,14,15,16). The SMILES string of the molecule is NS(=O)(=O)c1ccc(CNC(=O)NC(F)(F)F)cc1. The topological polar surface area (TPSA) is 101 Å². The number of amides is 2. The quantitative estimate of drug-likeness (QED) is 0.714. The van der Waals surface area contributed by atoms with E-state index in [0.717, 1.165) is 5.32 Å². The Hall–Kier alpha value is -1.81. The molecule has 0 unspecified atom stereocenters. The molecule has 0 heterocycles. The Kier molecular flexibility index (Phi) is 4.37. The summed E-state index contributed by atoms with van der Waals surface area (Å²) in [7, 11) is -3.82. The number of carbonyl (C=O) groups is 1. The van der Waals surface area contributed by atoms with Crippen LogP contribution in [0.2, 0.25) is 0 Å². The number of benzene rings is 1. The van der Waals surface area contributed by atoms with Crippen molar-refractivity contribution in [2.45, 2.75) is 17.7 Å². The summed E-state index contributed by atoms with van der Waals surface area (Å²) in [6, 6.07) is 3.63. The minimum absolute atomic E-state index is 0.129. The van der Waals surface area contributed by atoms with E-state index >= 15 is 0 Å². The number of urea groups is 1. The molecule has 0 radical (unpaired) electrons. The van der Waals surface area contributed by atoms with Crippen molar-refractivity contribution in [1.29, 1.82) is 0 Å². The largest absolute Gasteiger partial charge is 0.485 e. The second-order valence-corrected chi connectivity index (χ2v) is 5.06. The van der Waals surface area contributed by atoms with Gasteiger partial charge in [-0.25, -0.2) is 23.7 Å². The van der Waals surface area contributed by atoms with Gasteiger partial charge in [-0.3, -0.25) is 0 Å². The summed E-state index contributed by atoms with van der Waals surface area (Å²) in [4.78, 5) is 10.7. The van der Waals surface area contributed by atoms with E-state index in [0.29, 0.717) is 5.56 Å². The monoisotopic (exact) mass is 297 g/mol. The highest BCUT2D eigenvalue weighted by Gasteiger charge is 2.29. The molecule has 0 aliphatic heterocycles. The molecule has 1 aromatic carbocycles. The zero-order chi connectivity index (χ0) is 14.7. The number of nitrogens with one attached hydrogen (secondary N) is 2. The summed E-state index contributed by atoms with van der Waals surface area (Å²) < 4.78 is 57.2. The lowest BCUT2D eigenvalue weighted by molar-refractivity contribution is -0.145. The van der Waals surface area contributed by atoms with Gasteiger partial charge in [-0.15, -0.1) is 0 Å². The molecule has 0 atom stereocenters. The number of nitrogens with two attached hydrogens (primary N) is 1. The maximum Gasteiger partial charge on any atom is 0.485 e. The van der Waals surface area contributed by atoms with Crippen molar-refractivity contribution < 1.29 is 26.4 Å². The molecule has 19 heavy (non-hydrogen) atoms. The van der Waals surface area contributed by atoms with Gasteiger partial charge >= 0.3 is 12.3 Å². The predicted molar refractivity (Wildman–Crippen MR) is 59.2 cm³/mol. The average Bonchev–Trinajstić information content (AvgIpc) is 2.23. The van der Waals surface area contributed by atoms with E-state index in [1.54, 1.807) is 0 Å². The Morgan fingerprint density at radius 2 is 1.74 bits per heavy atom. The molecule has 0 saturated carbocycles. The highest BCUT2D eigenvalue weighted by molar-refractivity contribution is 7.89. The maximum atomic E-state index is 11.8. The fraction of sp³-hybridized carbons (Fsp3) is 0.222. The van der Waals surface area contributed by atoms with Crippen LogP contribution in [0, 0.1) is 0 Å². The number of alkyl halides is 3. The molecule has 0 aliphatic rings. The third-order valence-corrected chi connectivity index (χ3v) is 2.89. The molecule has 0 aromatic heterocycles. The first-order valence-corrected chi connectivity index (χ1v) is 6.37. The van der Waals surface area contributed by atoms with Gasteiger partial charge < -0.3 is 5.32 Å². The van der Waals surface area contributed by atoms with Crippen LogP contribution in [0.5, 0.6) is 0 Å². The van der Waals surface area contributed by atoms with E-state index in [1.807, 2.05) is 5.32 Å². The molecule has 1 rings (SSSR count). The third kappa shape index (κ3) is 5.57. The zero-order valence-electron chi connectivity index (χ0n) is 9.36. The first kappa shape index (κ1) is 15.2. The van der Waals surface area contributed by atoms with Crippen molar-refractivity contribution in [3.8, 4) is 0 Å². The van der Waals surface area contributed by atoms with Gasteiger partial charge in [0.15, 0.2) is 0 Å². The lowest BCUT2D eigenvalue weighted by atomic mass is 10.2. The van der Waals surface area contributed by atoms with Crippen molar-refractivity contribution in [2.75, 3.05) is 0 Å².